The fourth-order valence-electron chi connectivity index (χ4n) is 1.91. The number of ether oxygens (including phenoxy) is 1. The standard InChI is InChI=1S/C16H25N3O3/c1-4-13-5-7-14(8-6-13)12(2)19-15(20)11-18-16(21)17-9-10-22-3/h5-8,12H,4,9-11H2,1-3H3,(H,19,20)(H2,17,18,21)/t12-/m1/s1. The van der Waals surface area contributed by atoms with E-state index < -0.39 is 0 Å². The van der Waals surface area contributed by atoms with Crippen LogP contribution in [0.25, 0.3) is 0 Å². The molecule has 6 nitrogen and oxygen atoms in total. The van der Waals surface area contributed by atoms with Gasteiger partial charge >= 0.3 is 6.03 Å². The van der Waals surface area contributed by atoms with Gasteiger partial charge in [-0.25, -0.2) is 4.79 Å². The van der Waals surface area contributed by atoms with Gasteiger partial charge in [0.1, 0.15) is 0 Å². The molecule has 6 heteroatoms. The maximum atomic E-state index is 11.8. The number of urea groups is 1. The van der Waals surface area contributed by atoms with Gasteiger partial charge < -0.3 is 20.7 Å². The molecule has 0 saturated carbocycles. The van der Waals surface area contributed by atoms with Gasteiger partial charge in [0, 0.05) is 13.7 Å². The molecule has 1 aromatic rings. The topological polar surface area (TPSA) is 79.5 Å². The first-order valence-corrected chi connectivity index (χ1v) is 7.45. The van der Waals surface area contributed by atoms with E-state index in [0.29, 0.717) is 13.2 Å². The van der Waals surface area contributed by atoms with Gasteiger partial charge in [0.15, 0.2) is 0 Å². The molecule has 0 bridgehead atoms. The van der Waals surface area contributed by atoms with E-state index >= 15 is 0 Å². The maximum absolute atomic E-state index is 11.8. The number of carbonyl (C=O) groups excluding carboxylic acids is 2. The van der Waals surface area contributed by atoms with E-state index in [1.165, 1.54) is 5.56 Å². The Morgan fingerprint density at radius 3 is 2.45 bits per heavy atom. The number of nitrogens with one attached hydrogen (secondary N) is 3. The monoisotopic (exact) mass is 307 g/mol. The van der Waals surface area contributed by atoms with Gasteiger partial charge in [-0.15, -0.1) is 0 Å². The molecule has 1 rings (SSSR count). The Labute approximate surface area is 131 Å². The van der Waals surface area contributed by atoms with Gasteiger partial charge in [0.2, 0.25) is 5.91 Å². The van der Waals surface area contributed by atoms with E-state index in [9.17, 15) is 9.59 Å². The van der Waals surface area contributed by atoms with Gasteiger partial charge in [0.05, 0.1) is 19.2 Å². The van der Waals surface area contributed by atoms with Crippen LogP contribution in [-0.2, 0) is 16.0 Å². The minimum atomic E-state index is -0.382. The van der Waals surface area contributed by atoms with Gasteiger partial charge in [-0.3, -0.25) is 4.79 Å². The number of carbonyl (C=O) groups is 2. The van der Waals surface area contributed by atoms with E-state index in [0.717, 1.165) is 12.0 Å². The summed E-state index contributed by atoms with van der Waals surface area (Å²) in [6.45, 7) is 4.80. The zero-order chi connectivity index (χ0) is 16.4. The van der Waals surface area contributed by atoms with Crippen molar-refractivity contribution in [2.75, 3.05) is 26.8 Å². The van der Waals surface area contributed by atoms with Crippen molar-refractivity contribution in [2.45, 2.75) is 26.3 Å². The summed E-state index contributed by atoms with van der Waals surface area (Å²) < 4.78 is 4.81. The van der Waals surface area contributed by atoms with Crippen LogP contribution in [0, 0.1) is 0 Å². The predicted octanol–water partition coefficient (Wildman–Crippen LogP) is 1.37. The quantitative estimate of drug-likeness (QED) is 0.635. The Bertz CT molecular complexity index is 474. The Balaban J connectivity index is 2.32. The molecule has 0 aliphatic heterocycles. The van der Waals surface area contributed by atoms with Crippen LogP contribution in [0.15, 0.2) is 24.3 Å². The second-order valence-corrected chi connectivity index (χ2v) is 4.99. The van der Waals surface area contributed by atoms with E-state index in [2.05, 4.69) is 35.0 Å². The maximum Gasteiger partial charge on any atom is 0.315 e. The summed E-state index contributed by atoms with van der Waals surface area (Å²) in [6.07, 6.45) is 0.989. The predicted molar refractivity (Wildman–Crippen MR) is 85.7 cm³/mol. The average molecular weight is 307 g/mol. The number of hydrogen-bond donors (Lipinski definition) is 3. The Kier molecular flexibility index (Phi) is 7.99. The summed E-state index contributed by atoms with van der Waals surface area (Å²) in [4.78, 5) is 23.2. The van der Waals surface area contributed by atoms with E-state index in [4.69, 9.17) is 4.74 Å². The van der Waals surface area contributed by atoms with Crippen molar-refractivity contribution < 1.29 is 14.3 Å². The lowest BCUT2D eigenvalue weighted by molar-refractivity contribution is -0.120. The minimum Gasteiger partial charge on any atom is -0.383 e. The molecule has 122 valence electrons. The Morgan fingerprint density at radius 1 is 1.18 bits per heavy atom. The molecule has 0 aliphatic carbocycles. The molecule has 3 amide bonds. The van der Waals surface area contributed by atoms with Gasteiger partial charge in [-0.2, -0.15) is 0 Å². The van der Waals surface area contributed by atoms with Crippen molar-refractivity contribution in [3.05, 3.63) is 35.4 Å². The highest BCUT2D eigenvalue weighted by atomic mass is 16.5. The first-order valence-electron chi connectivity index (χ1n) is 7.45. The van der Waals surface area contributed by atoms with Crippen LogP contribution >= 0.6 is 0 Å². The summed E-state index contributed by atoms with van der Waals surface area (Å²) in [6, 6.07) is 7.64. The first kappa shape index (κ1) is 18.0. The highest BCUT2D eigenvalue weighted by Crippen LogP contribution is 2.13. The van der Waals surface area contributed by atoms with E-state index in [-0.39, 0.29) is 24.5 Å². The summed E-state index contributed by atoms with van der Waals surface area (Å²) in [5, 5.41) is 7.93. The van der Waals surface area contributed by atoms with Gasteiger partial charge in [-0.1, -0.05) is 31.2 Å². The summed E-state index contributed by atoms with van der Waals surface area (Å²) >= 11 is 0. The van der Waals surface area contributed by atoms with Crippen molar-refractivity contribution in [2.24, 2.45) is 0 Å². The molecule has 0 heterocycles. The smallest absolute Gasteiger partial charge is 0.315 e. The third kappa shape index (κ3) is 6.58. The zero-order valence-electron chi connectivity index (χ0n) is 13.4. The van der Waals surface area contributed by atoms with Crippen molar-refractivity contribution in [3.8, 4) is 0 Å². The number of methoxy groups -OCH3 is 1. The average Bonchev–Trinajstić information content (AvgIpc) is 2.53. The first-order chi connectivity index (χ1) is 10.6. The SMILES string of the molecule is CCc1ccc([C@@H](C)NC(=O)CNC(=O)NCCOC)cc1. The molecular formula is C16H25N3O3. The Morgan fingerprint density at radius 2 is 1.86 bits per heavy atom. The fourth-order valence-corrected chi connectivity index (χ4v) is 1.91. The molecular weight excluding hydrogens is 282 g/mol. The summed E-state index contributed by atoms with van der Waals surface area (Å²) in [7, 11) is 1.56. The minimum absolute atomic E-state index is 0.0593. The van der Waals surface area contributed by atoms with E-state index in [1.54, 1.807) is 7.11 Å². The second kappa shape index (κ2) is 9.78. The molecule has 0 unspecified atom stereocenters. The second-order valence-electron chi connectivity index (χ2n) is 4.99. The van der Waals surface area contributed by atoms with Crippen LogP contribution in [0.5, 0.6) is 0 Å². The van der Waals surface area contributed by atoms with Crippen LogP contribution in [0.3, 0.4) is 0 Å². The number of rotatable bonds is 8. The third-order valence-corrected chi connectivity index (χ3v) is 3.27. The molecule has 0 fully saturated rings. The highest BCUT2D eigenvalue weighted by Gasteiger charge is 2.10. The van der Waals surface area contributed by atoms with Crippen LogP contribution < -0.4 is 16.0 Å². The molecule has 0 aliphatic rings. The molecule has 1 aromatic carbocycles. The third-order valence-electron chi connectivity index (χ3n) is 3.27. The van der Waals surface area contributed by atoms with Gasteiger partial charge in [-0.05, 0) is 24.5 Å². The number of aryl methyl sites for hydroxylation is 1. The molecule has 0 saturated heterocycles. The fraction of sp³-hybridized carbons (Fsp3) is 0.500. The van der Waals surface area contributed by atoms with Crippen molar-refractivity contribution in [3.63, 3.8) is 0 Å². The lowest BCUT2D eigenvalue weighted by Crippen LogP contribution is -2.43. The largest absolute Gasteiger partial charge is 0.383 e. The van der Waals surface area contributed by atoms with Crippen LogP contribution in [0.4, 0.5) is 4.79 Å². The van der Waals surface area contributed by atoms with Crippen LogP contribution in [0.2, 0.25) is 0 Å². The summed E-state index contributed by atoms with van der Waals surface area (Å²) in [5.41, 5.74) is 2.30. The van der Waals surface area contributed by atoms with Crippen LogP contribution in [-0.4, -0.2) is 38.7 Å². The van der Waals surface area contributed by atoms with Crippen molar-refractivity contribution in [1.29, 1.82) is 0 Å². The van der Waals surface area contributed by atoms with Crippen molar-refractivity contribution in [1.82, 2.24) is 16.0 Å². The molecule has 1 atom stereocenters. The lowest BCUT2D eigenvalue weighted by Gasteiger charge is -2.15. The Hall–Kier alpha value is -2.08. The van der Waals surface area contributed by atoms with Crippen LogP contribution in [0.1, 0.15) is 31.0 Å². The lowest BCUT2D eigenvalue weighted by atomic mass is 10.1. The normalized spacial score (nSPS) is 11.6. The highest BCUT2D eigenvalue weighted by molar-refractivity contribution is 5.84. The van der Waals surface area contributed by atoms with E-state index in [1.807, 2.05) is 19.1 Å². The van der Waals surface area contributed by atoms with Crippen molar-refractivity contribution >= 4 is 11.9 Å². The number of benzene rings is 1. The summed E-state index contributed by atoms with van der Waals surface area (Å²) in [5.74, 6) is -0.228. The molecule has 3 N–H and O–H groups in total. The number of hydrogen-bond acceptors (Lipinski definition) is 3. The molecule has 0 aromatic heterocycles. The molecule has 0 spiro atoms. The molecule has 0 radical (unpaired) electrons. The van der Waals surface area contributed by atoms with Gasteiger partial charge in [0.25, 0.3) is 0 Å². The zero-order valence-corrected chi connectivity index (χ0v) is 13.4. The molecule has 22 heavy (non-hydrogen) atoms. The number of amides is 3.